The molecular formula is C31H22ClNO3. The number of ether oxygens (including phenoxy) is 1. The number of pyridine rings is 1. The van der Waals surface area contributed by atoms with E-state index in [2.05, 4.69) is 0 Å². The summed E-state index contributed by atoms with van der Waals surface area (Å²) in [5.41, 5.74) is 6.03. The molecule has 0 saturated carbocycles. The minimum atomic E-state index is -0.572. The zero-order valence-corrected chi connectivity index (χ0v) is 20.3. The summed E-state index contributed by atoms with van der Waals surface area (Å²) in [5.74, 6) is -0.840. The molecule has 0 saturated heterocycles. The summed E-state index contributed by atoms with van der Waals surface area (Å²) in [6.45, 7) is 1.59. The molecule has 4 nitrogen and oxygen atoms in total. The van der Waals surface area contributed by atoms with Crippen LogP contribution in [-0.4, -0.2) is 23.3 Å². The molecule has 0 atom stereocenters. The summed E-state index contributed by atoms with van der Waals surface area (Å²) in [6.07, 6.45) is 0. The summed E-state index contributed by atoms with van der Waals surface area (Å²) in [5, 5.41) is 1.29. The van der Waals surface area contributed by atoms with Crippen molar-refractivity contribution in [3.05, 3.63) is 125 Å². The van der Waals surface area contributed by atoms with Crippen LogP contribution in [0, 0.1) is 6.92 Å². The number of Topliss-reactive ketones (excluding diaryl/α,β-unsaturated/α-hetero) is 1. The smallest absolute Gasteiger partial charge is 0.339 e. The molecule has 1 aromatic heterocycles. The minimum Gasteiger partial charge on any atom is -0.454 e. The molecule has 0 aliphatic rings. The fourth-order valence-electron chi connectivity index (χ4n) is 4.10. The molecule has 5 aromatic rings. The number of fused-ring (bicyclic) bond motifs is 1. The number of carbonyl (C=O) groups is 2. The third kappa shape index (κ3) is 4.90. The van der Waals surface area contributed by atoms with Gasteiger partial charge >= 0.3 is 5.97 Å². The molecular weight excluding hydrogens is 470 g/mol. The van der Waals surface area contributed by atoms with E-state index in [0.29, 0.717) is 32.7 Å². The van der Waals surface area contributed by atoms with Gasteiger partial charge in [-0.2, -0.15) is 0 Å². The number of carbonyl (C=O) groups excluding carboxylic acids is 2. The molecule has 0 spiro atoms. The number of esters is 1. The van der Waals surface area contributed by atoms with Crippen molar-refractivity contribution in [2.75, 3.05) is 6.61 Å². The Bertz CT molecular complexity index is 1560. The number of rotatable bonds is 6. The Kier molecular flexibility index (Phi) is 6.61. The number of hydrogen-bond donors (Lipinski definition) is 0. The van der Waals surface area contributed by atoms with E-state index in [0.717, 1.165) is 22.3 Å². The van der Waals surface area contributed by atoms with Gasteiger partial charge in [-0.05, 0) is 41.8 Å². The highest BCUT2D eigenvalue weighted by molar-refractivity contribution is 6.30. The van der Waals surface area contributed by atoms with Crippen LogP contribution in [0.1, 0.15) is 26.3 Å². The van der Waals surface area contributed by atoms with Crippen LogP contribution in [0.25, 0.3) is 33.3 Å². The van der Waals surface area contributed by atoms with Crippen LogP contribution in [0.3, 0.4) is 0 Å². The zero-order valence-electron chi connectivity index (χ0n) is 19.6. The number of hydrogen-bond acceptors (Lipinski definition) is 4. The maximum absolute atomic E-state index is 13.2. The Morgan fingerprint density at radius 3 is 2.17 bits per heavy atom. The Labute approximate surface area is 214 Å². The van der Waals surface area contributed by atoms with Crippen molar-refractivity contribution in [2.24, 2.45) is 0 Å². The van der Waals surface area contributed by atoms with Crippen LogP contribution in [0.2, 0.25) is 5.02 Å². The van der Waals surface area contributed by atoms with E-state index in [9.17, 15) is 9.59 Å². The largest absolute Gasteiger partial charge is 0.454 e. The first-order valence-electron chi connectivity index (χ1n) is 11.5. The van der Waals surface area contributed by atoms with E-state index in [1.54, 1.807) is 30.3 Å². The lowest BCUT2D eigenvalue weighted by molar-refractivity contribution is 0.0476. The first-order chi connectivity index (χ1) is 17.5. The van der Waals surface area contributed by atoms with Gasteiger partial charge in [-0.25, -0.2) is 9.78 Å². The van der Waals surface area contributed by atoms with Crippen molar-refractivity contribution in [2.45, 2.75) is 6.92 Å². The molecule has 0 amide bonds. The summed E-state index contributed by atoms with van der Waals surface area (Å²) in [7, 11) is 0. The number of ketones is 1. The number of para-hydroxylation sites is 1. The molecule has 0 fully saturated rings. The van der Waals surface area contributed by atoms with E-state index < -0.39 is 5.97 Å². The number of benzene rings is 4. The van der Waals surface area contributed by atoms with Gasteiger partial charge in [-0.1, -0.05) is 96.5 Å². The van der Waals surface area contributed by atoms with E-state index in [1.165, 1.54) is 0 Å². The SMILES string of the molecule is Cc1cccc2c(C(=O)OCC(=O)c3ccc(-c4ccccc4)cc3)cc(-c3ccc(Cl)cc3)nc12. The van der Waals surface area contributed by atoms with Crippen LogP contribution >= 0.6 is 11.6 Å². The van der Waals surface area contributed by atoms with E-state index in [1.807, 2.05) is 79.7 Å². The number of halogens is 1. The van der Waals surface area contributed by atoms with Crippen LogP contribution in [-0.2, 0) is 4.74 Å². The fourth-order valence-corrected chi connectivity index (χ4v) is 4.23. The molecule has 0 aliphatic heterocycles. The van der Waals surface area contributed by atoms with Gasteiger partial charge in [0.15, 0.2) is 12.4 Å². The number of nitrogens with zero attached hydrogens (tertiary/aromatic N) is 1. The van der Waals surface area contributed by atoms with Crippen molar-refractivity contribution >= 4 is 34.3 Å². The van der Waals surface area contributed by atoms with Gasteiger partial charge in [0.05, 0.1) is 16.8 Å². The maximum atomic E-state index is 13.2. The van der Waals surface area contributed by atoms with Crippen molar-refractivity contribution in [1.82, 2.24) is 4.98 Å². The molecule has 1 heterocycles. The molecule has 0 aliphatic carbocycles. The van der Waals surface area contributed by atoms with E-state index >= 15 is 0 Å². The quantitative estimate of drug-likeness (QED) is 0.181. The van der Waals surface area contributed by atoms with Gasteiger partial charge in [0.25, 0.3) is 0 Å². The molecule has 0 N–H and O–H groups in total. The predicted octanol–water partition coefficient (Wildman–Crippen LogP) is 7.57. The Morgan fingerprint density at radius 2 is 1.44 bits per heavy atom. The fraction of sp³-hybridized carbons (Fsp3) is 0.0645. The maximum Gasteiger partial charge on any atom is 0.339 e. The third-order valence-electron chi connectivity index (χ3n) is 6.05. The first-order valence-corrected chi connectivity index (χ1v) is 11.9. The van der Waals surface area contributed by atoms with Crippen LogP contribution in [0.4, 0.5) is 0 Å². The third-order valence-corrected chi connectivity index (χ3v) is 6.30. The second-order valence-electron chi connectivity index (χ2n) is 8.48. The van der Waals surface area contributed by atoms with Crippen LogP contribution < -0.4 is 0 Å². The van der Waals surface area contributed by atoms with Crippen LogP contribution in [0.15, 0.2) is 103 Å². The Hall–Kier alpha value is -4.28. The zero-order chi connectivity index (χ0) is 25.1. The normalized spacial score (nSPS) is 10.8. The second kappa shape index (κ2) is 10.1. The molecule has 4 aromatic carbocycles. The lowest BCUT2D eigenvalue weighted by Crippen LogP contribution is -2.15. The number of aryl methyl sites for hydroxylation is 1. The van der Waals surface area contributed by atoms with Crippen LogP contribution in [0.5, 0.6) is 0 Å². The molecule has 176 valence electrons. The highest BCUT2D eigenvalue weighted by Gasteiger charge is 2.18. The van der Waals surface area contributed by atoms with Crippen molar-refractivity contribution < 1.29 is 14.3 Å². The van der Waals surface area contributed by atoms with Gasteiger partial charge in [0.2, 0.25) is 0 Å². The Morgan fingerprint density at radius 1 is 0.778 bits per heavy atom. The second-order valence-corrected chi connectivity index (χ2v) is 8.91. The lowest BCUT2D eigenvalue weighted by atomic mass is 10.0. The lowest BCUT2D eigenvalue weighted by Gasteiger charge is -2.12. The number of aromatic nitrogens is 1. The summed E-state index contributed by atoms with van der Waals surface area (Å²) >= 11 is 6.04. The Balaban J connectivity index is 1.38. The molecule has 5 rings (SSSR count). The summed E-state index contributed by atoms with van der Waals surface area (Å²) in [6, 6.07) is 31.8. The summed E-state index contributed by atoms with van der Waals surface area (Å²) < 4.78 is 5.48. The average molecular weight is 492 g/mol. The minimum absolute atomic E-state index is 0.268. The van der Waals surface area contributed by atoms with Crippen molar-refractivity contribution in [3.8, 4) is 22.4 Å². The first kappa shape index (κ1) is 23.5. The predicted molar refractivity (Wildman–Crippen MR) is 143 cm³/mol. The topological polar surface area (TPSA) is 56.3 Å². The highest BCUT2D eigenvalue weighted by atomic mass is 35.5. The van der Waals surface area contributed by atoms with Gasteiger partial charge in [0.1, 0.15) is 0 Å². The monoisotopic (exact) mass is 491 g/mol. The molecule has 0 radical (unpaired) electrons. The van der Waals surface area contributed by atoms with Crippen molar-refractivity contribution in [3.63, 3.8) is 0 Å². The molecule has 0 unspecified atom stereocenters. The average Bonchev–Trinajstić information content (AvgIpc) is 2.92. The van der Waals surface area contributed by atoms with E-state index in [4.69, 9.17) is 21.3 Å². The molecule has 36 heavy (non-hydrogen) atoms. The van der Waals surface area contributed by atoms with Gasteiger partial charge in [-0.15, -0.1) is 0 Å². The van der Waals surface area contributed by atoms with Crippen molar-refractivity contribution in [1.29, 1.82) is 0 Å². The van der Waals surface area contributed by atoms with Gasteiger partial charge < -0.3 is 4.74 Å². The molecule has 0 bridgehead atoms. The standard InChI is InChI=1S/C31H22ClNO3/c1-20-6-5-9-26-27(18-28(33-30(20)26)23-14-16-25(32)17-15-23)31(35)36-19-29(34)24-12-10-22(11-13-24)21-7-3-2-4-8-21/h2-18H,19H2,1H3. The molecule has 5 heteroatoms. The van der Waals surface area contributed by atoms with Gasteiger partial charge in [0, 0.05) is 21.5 Å². The summed E-state index contributed by atoms with van der Waals surface area (Å²) in [4.78, 5) is 30.7. The van der Waals surface area contributed by atoms with E-state index in [-0.39, 0.29) is 12.4 Å². The van der Waals surface area contributed by atoms with Gasteiger partial charge in [-0.3, -0.25) is 4.79 Å². The highest BCUT2D eigenvalue weighted by Crippen LogP contribution is 2.28.